The molecule has 1 unspecified atom stereocenters. The van der Waals surface area contributed by atoms with Crippen LogP contribution in [0.25, 0.3) is 11.1 Å². The Hall–Kier alpha value is -2.07. The van der Waals surface area contributed by atoms with Gasteiger partial charge in [-0.05, 0) is 62.3 Å². The molecule has 1 heterocycles. The molecular weight excluding hydrogens is 372 g/mol. The third-order valence-corrected chi connectivity index (χ3v) is 5.68. The van der Waals surface area contributed by atoms with Crippen LogP contribution < -0.4 is 10.1 Å². The highest BCUT2D eigenvalue weighted by atomic mass is 35.5. The van der Waals surface area contributed by atoms with Gasteiger partial charge in [-0.25, -0.2) is 4.98 Å². The summed E-state index contributed by atoms with van der Waals surface area (Å²) in [7, 11) is 0. The molecule has 0 spiro atoms. The van der Waals surface area contributed by atoms with Crippen molar-refractivity contribution in [1.29, 1.82) is 0 Å². The summed E-state index contributed by atoms with van der Waals surface area (Å²) in [6, 6.07) is 9.39. The molecule has 150 valence electrons. The van der Waals surface area contributed by atoms with E-state index in [4.69, 9.17) is 16.3 Å². The molecule has 1 saturated carbocycles. The number of pyridine rings is 1. The van der Waals surface area contributed by atoms with Crippen molar-refractivity contribution in [2.75, 3.05) is 6.61 Å². The fraction of sp³-hybridized carbons (Fsp3) is 0.478. The molecule has 1 amide bonds. The lowest BCUT2D eigenvalue weighted by atomic mass is 9.93. The van der Waals surface area contributed by atoms with E-state index >= 15 is 0 Å². The van der Waals surface area contributed by atoms with Gasteiger partial charge in [0.05, 0.1) is 12.8 Å². The SMILES string of the molecule is CCCC(C)(CC)NC(=O)c1cc(-c2ccc(Cl)cc2)c(OCC2CC2)cn1. The van der Waals surface area contributed by atoms with E-state index in [1.807, 2.05) is 30.3 Å². The van der Waals surface area contributed by atoms with Crippen molar-refractivity contribution in [2.45, 2.75) is 58.4 Å². The minimum absolute atomic E-state index is 0.151. The molecule has 28 heavy (non-hydrogen) atoms. The fourth-order valence-corrected chi connectivity index (χ4v) is 3.37. The summed E-state index contributed by atoms with van der Waals surface area (Å²) in [5, 5.41) is 3.84. The number of rotatable bonds is 9. The van der Waals surface area contributed by atoms with Gasteiger partial charge in [0.1, 0.15) is 11.4 Å². The molecule has 3 rings (SSSR count). The van der Waals surface area contributed by atoms with E-state index in [9.17, 15) is 4.79 Å². The molecule has 1 aliphatic rings. The number of carbonyl (C=O) groups excluding carboxylic acids is 1. The summed E-state index contributed by atoms with van der Waals surface area (Å²) in [4.78, 5) is 17.3. The highest BCUT2D eigenvalue weighted by Crippen LogP contribution is 2.34. The number of halogens is 1. The van der Waals surface area contributed by atoms with Gasteiger partial charge in [0.15, 0.2) is 0 Å². The number of benzene rings is 1. The van der Waals surface area contributed by atoms with Crippen LogP contribution in [0.15, 0.2) is 36.5 Å². The number of amides is 1. The maximum atomic E-state index is 12.9. The summed E-state index contributed by atoms with van der Waals surface area (Å²) in [5.74, 6) is 1.19. The van der Waals surface area contributed by atoms with Gasteiger partial charge >= 0.3 is 0 Å². The van der Waals surface area contributed by atoms with E-state index in [1.54, 1.807) is 6.20 Å². The Morgan fingerprint density at radius 3 is 2.61 bits per heavy atom. The summed E-state index contributed by atoms with van der Waals surface area (Å²) >= 11 is 6.04. The van der Waals surface area contributed by atoms with E-state index in [0.717, 1.165) is 30.4 Å². The first-order valence-corrected chi connectivity index (χ1v) is 10.5. The Morgan fingerprint density at radius 1 is 1.29 bits per heavy atom. The molecule has 1 N–H and O–H groups in total. The number of carbonyl (C=O) groups is 1. The zero-order valence-electron chi connectivity index (χ0n) is 16.9. The molecule has 1 atom stereocenters. The van der Waals surface area contributed by atoms with Crippen LogP contribution in [0.1, 0.15) is 63.4 Å². The third kappa shape index (κ3) is 5.26. The Bertz CT molecular complexity index is 818. The zero-order chi connectivity index (χ0) is 20.1. The second-order valence-corrected chi connectivity index (χ2v) is 8.38. The van der Waals surface area contributed by atoms with E-state index in [0.29, 0.717) is 29.0 Å². The van der Waals surface area contributed by atoms with Crippen LogP contribution >= 0.6 is 11.6 Å². The van der Waals surface area contributed by atoms with Gasteiger partial charge in [-0.2, -0.15) is 0 Å². The van der Waals surface area contributed by atoms with Gasteiger partial charge in [0, 0.05) is 16.1 Å². The molecule has 1 fully saturated rings. The molecule has 0 bridgehead atoms. The number of ether oxygens (including phenoxy) is 1. The van der Waals surface area contributed by atoms with Crippen molar-refractivity contribution in [3.8, 4) is 16.9 Å². The van der Waals surface area contributed by atoms with Gasteiger partial charge in [-0.15, -0.1) is 0 Å². The predicted octanol–water partition coefficient (Wildman–Crippen LogP) is 5.89. The number of hydrogen-bond acceptors (Lipinski definition) is 3. The van der Waals surface area contributed by atoms with Crippen LogP contribution in [0.4, 0.5) is 0 Å². The summed E-state index contributed by atoms with van der Waals surface area (Å²) in [6.07, 6.45) is 6.93. The van der Waals surface area contributed by atoms with Crippen molar-refractivity contribution < 1.29 is 9.53 Å². The van der Waals surface area contributed by atoms with Crippen molar-refractivity contribution in [1.82, 2.24) is 10.3 Å². The Morgan fingerprint density at radius 2 is 2.00 bits per heavy atom. The van der Waals surface area contributed by atoms with Gasteiger partial charge < -0.3 is 10.1 Å². The largest absolute Gasteiger partial charge is 0.491 e. The van der Waals surface area contributed by atoms with Gasteiger partial charge in [0.2, 0.25) is 0 Å². The highest BCUT2D eigenvalue weighted by Gasteiger charge is 2.26. The minimum Gasteiger partial charge on any atom is -0.491 e. The number of nitrogens with one attached hydrogen (secondary N) is 1. The monoisotopic (exact) mass is 400 g/mol. The van der Waals surface area contributed by atoms with Crippen LogP contribution in [0.2, 0.25) is 5.02 Å². The number of nitrogens with zero attached hydrogens (tertiary/aromatic N) is 1. The van der Waals surface area contributed by atoms with Crippen LogP contribution in [-0.4, -0.2) is 23.0 Å². The molecule has 1 aromatic heterocycles. The highest BCUT2D eigenvalue weighted by molar-refractivity contribution is 6.30. The predicted molar refractivity (Wildman–Crippen MR) is 114 cm³/mol. The van der Waals surface area contributed by atoms with E-state index in [1.165, 1.54) is 12.8 Å². The van der Waals surface area contributed by atoms with Crippen molar-refractivity contribution >= 4 is 17.5 Å². The molecule has 0 radical (unpaired) electrons. The normalized spacial score (nSPS) is 15.7. The number of aromatic nitrogens is 1. The molecule has 0 aliphatic heterocycles. The molecule has 4 nitrogen and oxygen atoms in total. The lowest BCUT2D eigenvalue weighted by Crippen LogP contribution is -2.45. The van der Waals surface area contributed by atoms with E-state index in [-0.39, 0.29) is 11.4 Å². The van der Waals surface area contributed by atoms with E-state index < -0.39 is 0 Å². The number of hydrogen-bond donors (Lipinski definition) is 1. The fourth-order valence-electron chi connectivity index (χ4n) is 3.25. The van der Waals surface area contributed by atoms with Crippen LogP contribution in [0.3, 0.4) is 0 Å². The lowest BCUT2D eigenvalue weighted by Gasteiger charge is -2.29. The molecular formula is C23H29ClN2O2. The van der Waals surface area contributed by atoms with Crippen LogP contribution in [-0.2, 0) is 0 Å². The van der Waals surface area contributed by atoms with Crippen molar-refractivity contribution in [3.05, 3.63) is 47.2 Å². The summed E-state index contributed by atoms with van der Waals surface area (Å²) in [5.41, 5.74) is 2.00. The standard InChI is InChI=1S/C23H29ClN2O2/c1-4-12-23(3,5-2)26-22(27)20-13-19(17-8-10-18(24)11-9-17)21(14-25-20)28-15-16-6-7-16/h8-11,13-14,16H,4-7,12,15H2,1-3H3,(H,26,27). The average Bonchev–Trinajstić information content (AvgIpc) is 3.51. The van der Waals surface area contributed by atoms with E-state index in [2.05, 4.69) is 31.1 Å². The average molecular weight is 401 g/mol. The second kappa shape index (κ2) is 8.95. The van der Waals surface area contributed by atoms with Crippen molar-refractivity contribution in [3.63, 3.8) is 0 Å². The Kier molecular flexibility index (Phi) is 6.61. The van der Waals surface area contributed by atoms with Crippen LogP contribution in [0.5, 0.6) is 5.75 Å². The minimum atomic E-state index is -0.227. The maximum Gasteiger partial charge on any atom is 0.270 e. The first kappa shape index (κ1) is 20.7. The molecule has 1 aliphatic carbocycles. The first-order chi connectivity index (χ1) is 13.4. The van der Waals surface area contributed by atoms with Gasteiger partial charge in [0.25, 0.3) is 5.91 Å². The van der Waals surface area contributed by atoms with Crippen molar-refractivity contribution in [2.24, 2.45) is 5.92 Å². The Balaban J connectivity index is 1.88. The zero-order valence-corrected chi connectivity index (χ0v) is 17.7. The summed E-state index contributed by atoms with van der Waals surface area (Å²) < 4.78 is 6.01. The third-order valence-electron chi connectivity index (χ3n) is 5.42. The maximum absolute atomic E-state index is 12.9. The summed E-state index contributed by atoms with van der Waals surface area (Å²) in [6.45, 7) is 7.00. The van der Waals surface area contributed by atoms with Gasteiger partial charge in [-0.3, -0.25) is 4.79 Å². The van der Waals surface area contributed by atoms with Crippen LogP contribution in [0, 0.1) is 5.92 Å². The smallest absolute Gasteiger partial charge is 0.270 e. The Labute approximate surface area is 172 Å². The molecule has 5 heteroatoms. The molecule has 1 aromatic carbocycles. The molecule has 2 aromatic rings. The second-order valence-electron chi connectivity index (χ2n) is 7.95. The topological polar surface area (TPSA) is 51.2 Å². The first-order valence-electron chi connectivity index (χ1n) is 10.2. The lowest BCUT2D eigenvalue weighted by molar-refractivity contribution is 0.0893. The molecule has 0 saturated heterocycles. The quantitative estimate of drug-likeness (QED) is 0.571. The van der Waals surface area contributed by atoms with Gasteiger partial charge in [-0.1, -0.05) is 44.0 Å².